The van der Waals surface area contributed by atoms with Gasteiger partial charge in [0.15, 0.2) is 0 Å². The minimum Gasteiger partial charge on any atom is -0.497 e. The van der Waals surface area contributed by atoms with Crippen LogP contribution in [0.2, 0.25) is 0 Å². The summed E-state index contributed by atoms with van der Waals surface area (Å²) in [6.45, 7) is 2.22. The van der Waals surface area contributed by atoms with Crippen LogP contribution in [0.5, 0.6) is 5.75 Å². The van der Waals surface area contributed by atoms with Crippen molar-refractivity contribution in [1.29, 1.82) is 0 Å². The maximum atomic E-state index is 13.1. The summed E-state index contributed by atoms with van der Waals surface area (Å²) in [6, 6.07) is 16.1. The molecule has 2 aliphatic rings. The number of methoxy groups -OCH3 is 1. The summed E-state index contributed by atoms with van der Waals surface area (Å²) in [5.41, 5.74) is 3.01. The smallest absolute Gasteiger partial charge is 0.240 e. The van der Waals surface area contributed by atoms with E-state index >= 15 is 0 Å². The molecule has 23 heavy (non-hydrogen) atoms. The number of ether oxygens (including phenoxy) is 1. The number of para-hydroxylation sites is 1. The third-order valence-electron chi connectivity index (χ3n) is 4.94. The first-order chi connectivity index (χ1) is 11.1. The van der Waals surface area contributed by atoms with Crippen molar-refractivity contribution in [2.24, 2.45) is 0 Å². The molecule has 0 bridgehead atoms. The number of hydrogen-bond donors (Lipinski definition) is 0. The molecule has 2 aromatic rings. The molecular weight excluding hydrogens is 288 g/mol. The van der Waals surface area contributed by atoms with Gasteiger partial charge in [-0.3, -0.25) is 4.79 Å². The molecule has 4 nitrogen and oxygen atoms in total. The van der Waals surface area contributed by atoms with Crippen LogP contribution in [0.25, 0.3) is 0 Å². The van der Waals surface area contributed by atoms with E-state index in [1.54, 1.807) is 7.11 Å². The van der Waals surface area contributed by atoms with Crippen LogP contribution in [0, 0.1) is 0 Å². The molecule has 2 aromatic carbocycles. The Balaban J connectivity index is 1.67. The molecule has 0 unspecified atom stereocenters. The number of benzene rings is 2. The van der Waals surface area contributed by atoms with Crippen molar-refractivity contribution in [1.82, 2.24) is 4.90 Å². The first-order valence-electron chi connectivity index (χ1n) is 7.87. The Morgan fingerprint density at radius 2 is 1.78 bits per heavy atom. The highest BCUT2D eigenvalue weighted by atomic mass is 16.5. The molecule has 0 radical (unpaired) electrons. The quantitative estimate of drug-likeness (QED) is 0.873. The lowest BCUT2D eigenvalue weighted by molar-refractivity contribution is -0.128. The van der Waals surface area contributed by atoms with E-state index in [1.807, 2.05) is 41.3 Å². The normalized spacial score (nSPS) is 18.9. The molecule has 4 rings (SSSR count). The Morgan fingerprint density at radius 1 is 1.09 bits per heavy atom. The zero-order valence-corrected chi connectivity index (χ0v) is 13.5. The van der Waals surface area contributed by atoms with Gasteiger partial charge in [0.25, 0.3) is 0 Å². The Kier molecular flexibility index (Phi) is 3.16. The fraction of sp³-hybridized carbons (Fsp3) is 0.316. The van der Waals surface area contributed by atoms with Crippen molar-refractivity contribution in [3.63, 3.8) is 0 Å². The third kappa shape index (κ3) is 2.05. The van der Waals surface area contributed by atoms with Crippen LogP contribution >= 0.6 is 0 Å². The summed E-state index contributed by atoms with van der Waals surface area (Å²) >= 11 is 0. The topological polar surface area (TPSA) is 32.8 Å². The average Bonchev–Trinajstić information content (AvgIpc) is 2.79. The third-order valence-corrected chi connectivity index (χ3v) is 4.94. The van der Waals surface area contributed by atoms with Gasteiger partial charge in [0.05, 0.1) is 13.7 Å². The molecule has 118 valence electrons. The maximum absolute atomic E-state index is 13.1. The Labute approximate surface area is 136 Å². The van der Waals surface area contributed by atoms with Crippen molar-refractivity contribution < 1.29 is 9.53 Å². The van der Waals surface area contributed by atoms with E-state index in [2.05, 4.69) is 24.1 Å². The fourth-order valence-electron chi connectivity index (χ4n) is 3.85. The van der Waals surface area contributed by atoms with Crippen LogP contribution in [-0.4, -0.2) is 38.1 Å². The molecule has 1 amide bonds. The highest BCUT2D eigenvalue weighted by Crippen LogP contribution is 2.47. The van der Waals surface area contributed by atoms with Crippen LogP contribution in [0.15, 0.2) is 48.5 Å². The number of fused-ring (bicyclic) bond motifs is 2. The summed E-state index contributed by atoms with van der Waals surface area (Å²) in [5.74, 6) is 1.06. The highest BCUT2D eigenvalue weighted by Gasteiger charge is 2.56. The molecule has 0 saturated carbocycles. The van der Waals surface area contributed by atoms with Gasteiger partial charge in [-0.25, -0.2) is 0 Å². The molecule has 2 aliphatic heterocycles. The number of anilines is 1. The second-order valence-corrected chi connectivity index (χ2v) is 6.51. The summed E-state index contributed by atoms with van der Waals surface area (Å²) in [4.78, 5) is 17.2. The van der Waals surface area contributed by atoms with Crippen LogP contribution < -0.4 is 9.64 Å². The number of nitrogens with zero attached hydrogens (tertiary/aromatic N) is 2. The van der Waals surface area contributed by atoms with Gasteiger partial charge in [-0.1, -0.05) is 30.3 Å². The van der Waals surface area contributed by atoms with E-state index in [9.17, 15) is 4.79 Å². The lowest BCUT2D eigenvalue weighted by Crippen LogP contribution is -2.62. The largest absolute Gasteiger partial charge is 0.497 e. The van der Waals surface area contributed by atoms with Crippen molar-refractivity contribution in [2.45, 2.75) is 12.0 Å². The zero-order valence-electron chi connectivity index (χ0n) is 13.5. The van der Waals surface area contributed by atoms with Crippen molar-refractivity contribution in [3.8, 4) is 5.75 Å². The van der Waals surface area contributed by atoms with E-state index in [0.29, 0.717) is 6.54 Å². The van der Waals surface area contributed by atoms with Gasteiger partial charge in [0.1, 0.15) is 11.2 Å². The van der Waals surface area contributed by atoms with Crippen LogP contribution in [0.1, 0.15) is 11.1 Å². The first-order valence-corrected chi connectivity index (χ1v) is 7.87. The summed E-state index contributed by atoms with van der Waals surface area (Å²) in [5, 5.41) is 0. The maximum Gasteiger partial charge on any atom is 0.240 e. The summed E-state index contributed by atoms with van der Waals surface area (Å²) in [6.07, 6.45) is 0. The van der Waals surface area contributed by atoms with E-state index < -0.39 is 0 Å². The standard InChI is InChI=1S/C19H20N2O2/c1-20-12-19(13-20)16-5-3-4-6-17(16)21(18(19)22)11-14-7-9-15(23-2)10-8-14/h3-10H,11-13H2,1-2H3. The average molecular weight is 308 g/mol. The number of likely N-dealkylation sites (tertiary alicyclic amines) is 1. The van der Waals surface area contributed by atoms with Gasteiger partial charge in [0.2, 0.25) is 5.91 Å². The molecule has 0 aromatic heterocycles. The second kappa shape index (κ2) is 5.10. The van der Waals surface area contributed by atoms with E-state index in [4.69, 9.17) is 4.74 Å². The molecule has 0 aliphatic carbocycles. The fourth-order valence-corrected chi connectivity index (χ4v) is 3.85. The van der Waals surface area contributed by atoms with Crippen molar-refractivity contribution in [2.75, 3.05) is 32.1 Å². The van der Waals surface area contributed by atoms with Gasteiger partial charge in [-0.15, -0.1) is 0 Å². The summed E-state index contributed by atoms with van der Waals surface area (Å²) < 4.78 is 5.20. The molecule has 1 spiro atoms. The van der Waals surface area contributed by atoms with Crippen molar-refractivity contribution >= 4 is 11.6 Å². The number of amides is 1. The molecule has 2 heterocycles. The second-order valence-electron chi connectivity index (χ2n) is 6.51. The number of likely N-dealkylation sites (N-methyl/N-ethyl adjacent to an activating group) is 1. The number of rotatable bonds is 3. The van der Waals surface area contributed by atoms with E-state index in [0.717, 1.165) is 30.1 Å². The van der Waals surface area contributed by atoms with Gasteiger partial charge in [0, 0.05) is 18.8 Å². The SMILES string of the molecule is COc1ccc(CN2C(=O)C3(CN(C)C3)c3ccccc32)cc1. The molecule has 0 N–H and O–H groups in total. The van der Waals surface area contributed by atoms with Gasteiger partial charge < -0.3 is 14.5 Å². The number of carbonyl (C=O) groups excluding carboxylic acids is 1. The predicted octanol–water partition coefficient (Wildman–Crippen LogP) is 2.43. The molecule has 4 heteroatoms. The van der Waals surface area contributed by atoms with Gasteiger partial charge >= 0.3 is 0 Å². The van der Waals surface area contributed by atoms with Crippen molar-refractivity contribution in [3.05, 3.63) is 59.7 Å². The molecule has 1 fully saturated rings. The summed E-state index contributed by atoms with van der Waals surface area (Å²) in [7, 11) is 3.72. The van der Waals surface area contributed by atoms with Crippen LogP contribution in [-0.2, 0) is 16.8 Å². The Morgan fingerprint density at radius 3 is 2.43 bits per heavy atom. The lowest BCUT2D eigenvalue weighted by atomic mass is 9.75. The molecule has 0 atom stereocenters. The zero-order chi connectivity index (χ0) is 16.0. The number of hydrogen-bond acceptors (Lipinski definition) is 3. The first kappa shape index (κ1) is 14.3. The monoisotopic (exact) mass is 308 g/mol. The predicted molar refractivity (Wildman–Crippen MR) is 89.8 cm³/mol. The van der Waals surface area contributed by atoms with Crippen LogP contribution in [0.3, 0.4) is 0 Å². The highest BCUT2D eigenvalue weighted by molar-refractivity contribution is 6.09. The number of carbonyl (C=O) groups is 1. The Hall–Kier alpha value is -2.33. The molecular formula is C19H20N2O2. The van der Waals surface area contributed by atoms with Crippen LogP contribution in [0.4, 0.5) is 5.69 Å². The minimum absolute atomic E-state index is 0.229. The van der Waals surface area contributed by atoms with Gasteiger partial charge in [-0.05, 0) is 36.4 Å². The lowest BCUT2D eigenvalue weighted by Gasteiger charge is -2.44. The van der Waals surface area contributed by atoms with Gasteiger partial charge in [-0.2, -0.15) is 0 Å². The van der Waals surface area contributed by atoms with E-state index in [-0.39, 0.29) is 11.3 Å². The van der Waals surface area contributed by atoms with E-state index in [1.165, 1.54) is 5.56 Å². The Bertz CT molecular complexity index is 748. The minimum atomic E-state index is -0.336. The molecule has 1 saturated heterocycles.